The average Bonchev–Trinajstić information content (AvgIpc) is 2.17. The van der Waals surface area contributed by atoms with Crippen LogP contribution >= 0.6 is 0 Å². The Kier molecular flexibility index (Phi) is 4.08. The fourth-order valence-electron chi connectivity index (χ4n) is 1.95. The minimum atomic E-state index is -0.316. The van der Waals surface area contributed by atoms with Gasteiger partial charge in [0.1, 0.15) is 0 Å². The van der Waals surface area contributed by atoms with Gasteiger partial charge in [-0.05, 0) is 6.92 Å². The number of esters is 1. The Morgan fingerprint density at radius 2 is 2.27 bits per heavy atom. The summed E-state index contributed by atoms with van der Waals surface area (Å²) in [5.74, 6) is -0.627. The molecular weight excluding hydrogens is 198 g/mol. The maximum atomic E-state index is 11.4. The van der Waals surface area contributed by atoms with Crippen molar-refractivity contribution >= 4 is 11.9 Å². The van der Waals surface area contributed by atoms with Gasteiger partial charge in [-0.2, -0.15) is 0 Å². The summed E-state index contributed by atoms with van der Waals surface area (Å²) < 4.78 is 4.81. The van der Waals surface area contributed by atoms with E-state index in [0.29, 0.717) is 19.6 Å². The smallest absolute Gasteiger partial charge is 0.302 e. The third-order valence-corrected chi connectivity index (χ3v) is 2.72. The number of carbonyl (C=O) groups excluding carboxylic acids is 2. The van der Waals surface area contributed by atoms with Crippen molar-refractivity contribution in [2.45, 2.75) is 26.3 Å². The molecule has 1 amide bonds. The molecule has 1 heterocycles. The summed E-state index contributed by atoms with van der Waals surface area (Å²) in [5.41, 5.74) is 0. The minimum absolute atomic E-state index is 0.00664. The molecular formula is C10H17NO4. The van der Waals surface area contributed by atoms with Gasteiger partial charge in [0.2, 0.25) is 5.91 Å². The van der Waals surface area contributed by atoms with E-state index in [-0.39, 0.29) is 30.4 Å². The van der Waals surface area contributed by atoms with Crippen LogP contribution in [0.3, 0.4) is 0 Å². The Morgan fingerprint density at radius 3 is 2.73 bits per heavy atom. The Balaban J connectivity index is 2.38. The molecule has 86 valence electrons. The van der Waals surface area contributed by atoms with Crippen LogP contribution in [-0.4, -0.2) is 47.7 Å². The normalized spacial score (nSPS) is 25.0. The fraction of sp³-hybridized carbons (Fsp3) is 0.800. The monoisotopic (exact) mass is 215 g/mol. The number of ether oxygens (including phenoxy) is 1. The molecule has 1 fully saturated rings. The Hall–Kier alpha value is -1.10. The van der Waals surface area contributed by atoms with Crippen LogP contribution in [0.5, 0.6) is 0 Å². The van der Waals surface area contributed by atoms with E-state index in [2.05, 4.69) is 0 Å². The zero-order valence-corrected chi connectivity index (χ0v) is 9.10. The van der Waals surface area contributed by atoms with Crippen LogP contribution in [0, 0.1) is 5.92 Å². The lowest BCUT2D eigenvalue weighted by molar-refractivity contribution is -0.160. The van der Waals surface area contributed by atoms with Crippen LogP contribution in [0.2, 0.25) is 0 Å². The van der Waals surface area contributed by atoms with Gasteiger partial charge in [-0.15, -0.1) is 0 Å². The number of amides is 1. The quantitative estimate of drug-likeness (QED) is 0.508. The SMILES string of the molecule is CCN1C(=O)C(CO)C1CCOC(C)=O. The zero-order chi connectivity index (χ0) is 11.4. The maximum absolute atomic E-state index is 11.4. The highest BCUT2D eigenvalue weighted by Crippen LogP contribution is 2.28. The molecule has 0 saturated carbocycles. The van der Waals surface area contributed by atoms with Gasteiger partial charge < -0.3 is 14.7 Å². The van der Waals surface area contributed by atoms with Gasteiger partial charge in [-0.1, -0.05) is 0 Å². The van der Waals surface area contributed by atoms with Crippen molar-refractivity contribution in [2.24, 2.45) is 5.92 Å². The van der Waals surface area contributed by atoms with E-state index in [1.807, 2.05) is 6.92 Å². The number of aliphatic hydroxyl groups is 1. The van der Waals surface area contributed by atoms with Crippen molar-refractivity contribution < 1.29 is 19.4 Å². The topological polar surface area (TPSA) is 66.8 Å². The molecule has 15 heavy (non-hydrogen) atoms. The van der Waals surface area contributed by atoms with Gasteiger partial charge in [0, 0.05) is 25.9 Å². The van der Waals surface area contributed by atoms with Crippen LogP contribution in [0.1, 0.15) is 20.3 Å². The molecule has 5 nitrogen and oxygen atoms in total. The first kappa shape index (κ1) is 12.0. The number of aliphatic hydroxyl groups excluding tert-OH is 1. The van der Waals surface area contributed by atoms with Crippen molar-refractivity contribution in [3.05, 3.63) is 0 Å². The first-order valence-corrected chi connectivity index (χ1v) is 5.16. The van der Waals surface area contributed by atoms with Gasteiger partial charge in [0.25, 0.3) is 0 Å². The number of carbonyl (C=O) groups is 2. The second kappa shape index (κ2) is 5.11. The van der Waals surface area contributed by atoms with Crippen LogP contribution in [0.4, 0.5) is 0 Å². The highest BCUT2D eigenvalue weighted by Gasteiger charge is 2.45. The number of nitrogens with zero attached hydrogens (tertiary/aromatic N) is 1. The van der Waals surface area contributed by atoms with E-state index in [1.54, 1.807) is 4.90 Å². The molecule has 1 N–H and O–H groups in total. The molecule has 1 aliphatic rings. The molecule has 5 heteroatoms. The molecule has 1 rings (SSSR count). The van der Waals surface area contributed by atoms with E-state index in [9.17, 15) is 9.59 Å². The van der Waals surface area contributed by atoms with Gasteiger partial charge >= 0.3 is 5.97 Å². The molecule has 0 aromatic heterocycles. The third kappa shape index (κ3) is 2.47. The molecule has 0 aromatic carbocycles. The molecule has 1 aliphatic heterocycles. The summed E-state index contributed by atoms with van der Waals surface area (Å²) in [5, 5.41) is 8.99. The molecule has 0 aromatic rings. The molecule has 2 atom stereocenters. The lowest BCUT2D eigenvalue weighted by atomic mass is 9.86. The van der Waals surface area contributed by atoms with Crippen molar-refractivity contribution in [1.29, 1.82) is 0 Å². The summed E-state index contributed by atoms with van der Waals surface area (Å²) in [6.07, 6.45) is 0.602. The number of rotatable bonds is 5. The van der Waals surface area contributed by atoms with Gasteiger partial charge in [-0.25, -0.2) is 0 Å². The van der Waals surface area contributed by atoms with Crippen molar-refractivity contribution in [3.8, 4) is 0 Å². The Bertz CT molecular complexity index is 240. The molecule has 0 bridgehead atoms. The summed E-state index contributed by atoms with van der Waals surface area (Å²) in [7, 11) is 0. The summed E-state index contributed by atoms with van der Waals surface area (Å²) in [6, 6.07) is 0.0202. The second-order valence-corrected chi connectivity index (χ2v) is 3.61. The van der Waals surface area contributed by atoms with Crippen molar-refractivity contribution in [2.75, 3.05) is 19.8 Å². The molecule has 0 spiro atoms. The zero-order valence-electron chi connectivity index (χ0n) is 9.10. The fourth-order valence-corrected chi connectivity index (χ4v) is 1.95. The lowest BCUT2D eigenvalue weighted by Crippen LogP contribution is -2.62. The molecule has 1 saturated heterocycles. The van der Waals surface area contributed by atoms with Crippen molar-refractivity contribution in [1.82, 2.24) is 4.90 Å². The summed E-state index contributed by atoms with van der Waals surface area (Å²) >= 11 is 0. The first-order valence-electron chi connectivity index (χ1n) is 5.16. The summed E-state index contributed by atoms with van der Waals surface area (Å²) in [4.78, 5) is 23.6. The molecule has 2 unspecified atom stereocenters. The highest BCUT2D eigenvalue weighted by atomic mass is 16.5. The number of likely N-dealkylation sites (tertiary alicyclic amines) is 1. The van der Waals surface area contributed by atoms with Gasteiger partial charge in [0.15, 0.2) is 0 Å². The third-order valence-electron chi connectivity index (χ3n) is 2.72. The standard InChI is InChI=1S/C10H17NO4/c1-3-11-9(4-5-15-7(2)13)8(6-12)10(11)14/h8-9,12H,3-6H2,1-2H3. The first-order chi connectivity index (χ1) is 7.11. The van der Waals surface area contributed by atoms with Crippen LogP contribution in [0.25, 0.3) is 0 Å². The lowest BCUT2D eigenvalue weighted by Gasteiger charge is -2.46. The predicted molar refractivity (Wildman–Crippen MR) is 53.0 cm³/mol. The van der Waals surface area contributed by atoms with E-state index < -0.39 is 0 Å². The van der Waals surface area contributed by atoms with Crippen molar-refractivity contribution in [3.63, 3.8) is 0 Å². The largest absolute Gasteiger partial charge is 0.466 e. The van der Waals surface area contributed by atoms with Crippen LogP contribution in [-0.2, 0) is 14.3 Å². The molecule has 0 aliphatic carbocycles. The predicted octanol–water partition coefficient (Wildman–Crippen LogP) is -0.221. The highest BCUT2D eigenvalue weighted by molar-refractivity contribution is 5.86. The number of hydrogen-bond acceptors (Lipinski definition) is 4. The summed E-state index contributed by atoms with van der Waals surface area (Å²) in [6.45, 7) is 4.07. The van der Waals surface area contributed by atoms with E-state index in [1.165, 1.54) is 6.92 Å². The van der Waals surface area contributed by atoms with Gasteiger partial charge in [-0.3, -0.25) is 9.59 Å². The van der Waals surface area contributed by atoms with Crippen LogP contribution in [0.15, 0.2) is 0 Å². The van der Waals surface area contributed by atoms with Crippen LogP contribution < -0.4 is 0 Å². The molecule has 0 radical (unpaired) electrons. The Morgan fingerprint density at radius 1 is 1.60 bits per heavy atom. The minimum Gasteiger partial charge on any atom is -0.466 e. The van der Waals surface area contributed by atoms with E-state index >= 15 is 0 Å². The average molecular weight is 215 g/mol. The van der Waals surface area contributed by atoms with E-state index in [4.69, 9.17) is 9.84 Å². The maximum Gasteiger partial charge on any atom is 0.302 e. The second-order valence-electron chi connectivity index (χ2n) is 3.61. The van der Waals surface area contributed by atoms with Gasteiger partial charge in [0.05, 0.1) is 19.1 Å². The number of β-lactam (4-membered cyclic amide) rings is 1. The Labute approximate surface area is 89.0 Å². The van der Waals surface area contributed by atoms with E-state index in [0.717, 1.165) is 0 Å². The number of hydrogen-bond donors (Lipinski definition) is 1.